The van der Waals surface area contributed by atoms with Crippen LogP contribution in [-0.4, -0.2) is 28.0 Å². The maximum absolute atomic E-state index is 12.5. The predicted molar refractivity (Wildman–Crippen MR) is 85.3 cm³/mol. The number of amides is 1. The largest absolute Gasteiger partial charge is 0.481 e. The summed E-state index contributed by atoms with van der Waals surface area (Å²) < 4.78 is 5.32. The number of hydrogen-bond acceptors (Lipinski definition) is 4. The minimum absolute atomic E-state index is 0.0484. The van der Waals surface area contributed by atoms with Crippen LogP contribution >= 0.6 is 0 Å². The number of furan rings is 1. The summed E-state index contributed by atoms with van der Waals surface area (Å²) in [6.45, 7) is 1.79. The van der Waals surface area contributed by atoms with Crippen molar-refractivity contribution in [2.45, 2.75) is 25.8 Å². The van der Waals surface area contributed by atoms with Gasteiger partial charge in [-0.3, -0.25) is 9.59 Å². The van der Waals surface area contributed by atoms with Gasteiger partial charge < -0.3 is 14.8 Å². The molecule has 0 unspecified atom stereocenters. The molecule has 0 radical (unpaired) electrons. The molecule has 2 aliphatic rings. The molecule has 4 rings (SSSR count). The standard InChI is InChI=1S/C18H18N2O4/c1-9-10(4-5-14(19-9)16-3-2-6-24-16)17(21)20-15-8-13(18(22)23)11-7-12(11)15/h2-6,11-13,15H,7-8H2,1H3,(H,20,21)(H,22,23)/t11-,12+,13-,15+/m0/s1. The molecule has 0 spiro atoms. The average Bonchev–Trinajstić information content (AvgIpc) is 2.99. The Morgan fingerprint density at radius 3 is 2.71 bits per heavy atom. The molecule has 6 nitrogen and oxygen atoms in total. The molecule has 1 amide bonds. The van der Waals surface area contributed by atoms with Crippen molar-refractivity contribution in [3.8, 4) is 11.5 Å². The zero-order valence-corrected chi connectivity index (χ0v) is 13.2. The molecule has 6 heteroatoms. The Morgan fingerprint density at radius 1 is 1.25 bits per heavy atom. The van der Waals surface area contributed by atoms with E-state index in [-0.39, 0.29) is 23.8 Å². The quantitative estimate of drug-likeness (QED) is 0.900. The second-order valence-electron chi connectivity index (χ2n) is 6.63. The van der Waals surface area contributed by atoms with Gasteiger partial charge in [-0.1, -0.05) is 0 Å². The number of aliphatic carboxylic acids is 1. The van der Waals surface area contributed by atoms with Crippen LogP contribution in [0.1, 0.15) is 28.9 Å². The van der Waals surface area contributed by atoms with Gasteiger partial charge in [0.25, 0.3) is 5.91 Å². The molecule has 4 atom stereocenters. The summed E-state index contributed by atoms with van der Waals surface area (Å²) >= 11 is 0. The van der Waals surface area contributed by atoms with E-state index in [1.54, 1.807) is 31.4 Å². The zero-order valence-electron chi connectivity index (χ0n) is 13.2. The molecular weight excluding hydrogens is 308 g/mol. The van der Waals surface area contributed by atoms with E-state index in [0.29, 0.717) is 35.1 Å². The maximum Gasteiger partial charge on any atom is 0.306 e. The number of fused-ring (bicyclic) bond motifs is 1. The van der Waals surface area contributed by atoms with Gasteiger partial charge in [-0.05, 0) is 55.9 Å². The fraction of sp³-hybridized carbons (Fsp3) is 0.389. The van der Waals surface area contributed by atoms with E-state index >= 15 is 0 Å². The molecule has 24 heavy (non-hydrogen) atoms. The first kappa shape index (κ1) is 14.9. The predicted octanol–water partition coefficient (Wildman–Crippen LogP) is 2.49. The summed E-state index contributed by atoms with van der Waals surface area (Å²) in [7, 11) is 0. The van der Waals surface area contributed by atoms with Gasteiger partial charge in [0.05, 0.1) is 23.4 Å². The minimum atomic E-state index is -0.750. The van der Waals surface area contributed by atoms with E-state index in [0.717, 1.165) is 6.42 Å². The normalized spacial score (nSPS) is 27.5. The number of nitrogens with one attached hydrogen (secondary N) is 1. The van der Waals surface area contributed by atoms with Gasteiger partial charge in [-0.2, -0.15) is 0 Å². The SMILES string of the molecule is Cc1nc(-c2ccco2)ccc1C(=O)N[C@@H]1C[C@H](C(=O)O)[C@H]2C[C@H]21. The number of carbonyl (C=O) groups excluding carboxylic acids is 1. The number of aromatic nitrogens is 1. The second kappa shape index (κ2) is 5.47. The maximum atomic E-state index is 12.5. The highest BCUT2D eigenvalue weighted by Gasteiger charge is 2.57. The van der Waals surface area contributed by atoms with Gasteiger partial charge in [0.2, 0.25) is 0 Å². The number of rotatable bonds is 4. The lowest BCUT2D eigenvalue weighted by molar-refractivity contribution is -0.142. The van der Waals surface area contributed by atoms with Crippen LogP contribution in [0.15, 0.2) is 34.9 Å². The van der Waals surface area contributed by atoms with Crippen molar-refractivity contribution >= 4 is 11.9 Å². The highest BCUT2D eigenvalue weighted by Crippen LogP contribution is 2.55. The third-order valence-corrected chi connectivity index (χ3v) is 5.17. The molecular formula is C18H18N2O4. The molecule has 2 aromatic rings. The van der Waals surface area contributed by atoms with Crippen molar-refractivity contribution in [3.63, 3.8) is 0 Å². The van der Waals surface area contributed by atoms with Gasteiger partial charge in [0.15, 0.2) is 5.76 Å². The fourth-order valence-electron chi connectivity index (χ4n) is 3.84. The van der Waals surface area contributed by atoms with Crippen LogP contribution < -0.4 is 5.32 Å². The highest BCUT2D eigenvalue weighted by atomic mass is 16.4. The molecule has 124 valence electrons. The Labute approximate surface area is 138 Å². The number of nitrogens with zero attached hydrogens (tertiary/aromatic N) is 1. The topological polar surface area (TPSA) is 92.4 Å². The van der Waals surface area contributed by atoms with Crippen LogP contribution in [-0.2, 0) is 4.79 Å². The van der Waals surface area contributed by atoms with E-state index in [1.807, 2.05) is 6.07 Å². The monoisotopic (exact) mass is 326 g/mol. The molecule has 2 aromatic heterocycles. The van der Waals surface area contributed by atoms with E-state index in [2.05, 4.69) is 10.3 Å². The lowest BCUT2D eigenvalue weighted by Gasteiger charge is -2.16. The van der Waals surface area contributed by atoms with E-state index < -0.39 is 5.97 Å². The zero-order chi connectivity index (χ0) is 16.8. The molecule has 2 heterocycles. The van der Waals surface area contributed by atoms with Crippen molar-refractivity contribution in [1.29, 1.82) is 0 Å². The molecule has 2 saturated carbocycles. The molecule has 2 fully saturated rings. The van der Waals surface area contributed by atoms with E-state index in [1.165, 1.54) is 0 Å². The van der Waals surface area contributed by atoms with Crippen molar-refractivity contribution in [2.75, 3.05) is 0 Å². The molecule has 0 aromatic carbocycles. The first-order chi connectivity index (χ1) is 11.5. The number of carbonyl (C=O) groups is 2. The summed E-state index contributed by atoms with van der Waals surface area (Å²) in [6.07, 6.45) is 3.00. The molecule has 0 aliphatic heterocycles. The van der Waals surface area contributed by atoms with Crippen LogP contribution in [0.2, 0.25) is 0 Å². The summed E-state index contributed by atoms with van der Waals surface area (Å²) in [4.78, 5) is 28.2. The Hall–Kier alpha value is -2.63. The van der Waals surface area contributed by atoms with Crippen molar-refractivity contribution < 1.29 is 19.1 Å². The fourth-order valence-corrected chi connectivity index (χ4v) is 3.84. The molecule has 0 bridgehead atoms. The van der Waals surface area contributed by atoms with Crippen LogP contribution in [0.3, 0.4) is 0 Å². The first-order valence-corrected chi connectivity index (χ1v) is 8.10. The number of carboxylic acid groups (broad SMARTS) is 1. The van der Waals surface area contributed by atoms with Gasteiger partial charge in [-0.25, -0.2) is 4.98 Å². The van der Waals surface area contributed by atoms with Crippen LogP contribution in [0.5, 0.6) is 0 Å². The number of pyridine rings is 1. The summed E-state index contributed by atoms with van der Waals surface area (Å²) in [5.41, 5.74) is 1.82. The van der Waals surface area contributed by atoms with E-state index in [9.17, 15) is 14.7 Å². The van der Waals surface area contributed by atoms with Crippen LogP contribution in [0.25, 0.3) is 11.5 Å². The first-order valence-electron chi connectivity index (χ1n) is 8.10. The third kappa shape index (κ3) is 2.48. The highest BCUT2D eigenvalue weighted by molar-refractivity contribution is 5.95. The average molecular weight is 326 g/mol. The van der Waals surface area contributed by atoms with Gasteiger partial charge in [-0.15, -0.1) is 0 Å². The lowest BCUT2D eigenvalue weighted by Crippen LogP contribution is -2.36. The smallest absolute Gasteiger partial charge is 0.306 e. The van der Waals surface area contributed by atoms with Gasteiger partial charge in [0, 0.05) is 6.04 Å². The Bertz CT molecular complexity index is 799. The van der Waals surface area contributed by atoms with Gasteiger partial charge in [0.1, 0.15) is 5.69 Å². The number of carboxylic acids is 1. The third-order valence-electron chi connectivity index (χ3n) is 5.17. The van der Waals surface area contributed by atoms with Crippen LogP contribution in [0.4, 0.5) is 0 Å². The second-order valence-corrected chi connectivity index (χ2v) is 6.63. The van der Waals surface area contributed by atoms with Crippen molar-refractivity contribution in [3.05, 3.63) is 41.8 Å². The molecule has 2 N–H and O–H groups in total. The Balaban J connectivity index is 1.48. The Kier molecular flexibility index (Phi) is 3.40. The summed E-state index contributed by atoms with van der Waals surface area (Å²) in [6, 6.07) is 7.06. The van der Waals surface area contributed by atoms with Crippen molar-refractivity contribution in [1.82, 2.24) is 10.3 Å². The molecule has 0 saturated heterocycles. The number of aryl methyl sites for hydroxylation is 1. The van der Waals surface area contributed by atoms with Crippen LogP contribution in [0, 0.1) is 24.7 Å². The molecule has 2 aliphatic carbocycles. The Morgan fingerprint density at radius 2 is 2.08 bits per heavy atom. The van der Waals surface area contributed by atoms with Gasteiger partial charge >= 0.3 is 5.97 Å². The summed E-state index contributed by atoms with van der Waals surface area (Å²) in [5.74, 6) is -0.0570. The summed E-state index contributed by atoms with van der Waals surface area (Å²) in [5, 5.41) is 12.2. The van der Waals surface area contributed by atoms with Crippen molar-refractivity contribution in [2.24, 2.45) is 17.8 Å². The lowest BCUT2D eigenvalue weighted by atomic mass is 10.0. The van der Waals surface area contributed by atoms with E-state index in [4.69, 9.17) is 4.42 Å². The number of hydrogen-bond donors (Lipinski definition) is 2. The minimum Gasteiger partial charge on any atom is -0.481 e.